The van der Waals surface area contributed by atoms with Gasteiger partial charge in [0, 0.05) is 26.0 Å². The minimum absolute atomic E-state index is 0.309. The second-order valence-electron chi connectivity index (χ2n) is 6.62. The number of aromatic nitrogens is 2. The predicted molar refractivity (Wildman–Crippen MR) is 94.0 cm³/mol. The van der Waals surface area contributed by atoms with Crippen molar-refractivity contribution in [1.82, 2.24) is 14.5 Å². The van der Waals surface area contributed by atoms with Gasteiger partial charge in [-0.3, -0.25) is 0 Å². The van der Waals surface area contributed by atoms with Gasteiger partial charge in [0.1, 0.15) is 17.7 Å². The third-order valence-corrected chi connectivity index (χ3v) is 5.08. The van der Waals surface area contributed by atoms with Crippen molar-refractivity contribution in [2.24, 2.45) is 13.0 Å². The monoisotopic (exact) mass is 329 g/mol. The van der Waals surface area contributed by atoms with E-state index < -0.39 is 6.10 Å². The fraction of sp³-hybridized carbons (Fsp3) is 0.526. The Hall–Kier alpha value is -1.85. The number of rotatable bonds is 6. The summed E-state index contributed by atoms with van der Waals surface area (Å²) in [5.41, 5.74) is 1.34. The van der Waals surface area contributed by atoms with Crippen molar-refractivity contribution in [2.75, 3.05) is 26.7 Å². The van der Waals surface area contributed by atoms with Gasteiger partial charge in [-0.05, 0) is 56.0 Å². The van der Waals surface area contributed by atoms with Gasteiger partial charge in [-0.15, -0.1) is 0 Å². The zero-order chi connectivity index (χ0) is 16.9. The van der Waals surface area contributed by atoms with E-state index in [2.05, 4.69) is 22.0 Å². The second kappa shape index (κ2) is 7.81. The van der Waals surface area contributed by atoms with Gasteiger partial charge in [-0.25, -0.2) is 4.98 Å². The molecule has 0 amide bonds. The smallest absolute Gasteiger partial charge is 0.137 e. The summed E-state index contributed by atoms with van der Waals surface area (Å²) in [7, 11) is 3.63. The molecule has 1 N–H and O–H groups in total. The lowest BCUT2D eigenvalue weighted by atomic mass is 9.90. The van der Waals surface area contributed by atoms with Crippen molar-refractivity contribution in [3.8, 4) is 5.75 Å². The normalized spacial score (nSPS) is 17.8. The van der Waals surface area contributed by atoms with Crippen molar-refractivity contribution < 1.29 is 9.84 Å². The summed E-state index contributed by atoms with van der Waals surface area (Å²) in [5.74, 6) is 2.00. The molecule has 2 aromatic rings. The molecule has 5 nitrogen and oxygen atoms in total. The van der Waals surface area contributed by atoms with E-state index >= 15 is 0 Å². The predicted octanol–water partition coefficient (Wildman–Crippen LogP) is 2.42. The highest BCUT2D eigenvalue weighted by molar-refractivity contribution is 5.27. The third-order valence-electron chi connectivity index (χ3n) is 5.08. The van der Waals surface area contributed by atoms with E-state index in [0.29, 0.717) is 5.92 Å². The van der Waals surface area contributed by atoms with Crippen LogP contribution in [0.25, 0.3) is 0 Å². The molecular formula is C19H27N3O2. The summed E-state index contributed by atoms with van der Waals surface area (Å²) in [4.78, 5) is 6.78. The van der Waals surface area contributed by atoms with Crippen LogP contribution in [0.5, 0.6) is 5.75 Å². The number of imidazole rings is 1. The summed E-state index contributed by atoms with van der Waals surface area (Å²) in [6, 6.07) is 8.31. The molecule has 0 spiro atoms. The van der Waals surface area contributed by atoms with Gasteiger partial charge in [-0.1, -0.05) is 12.1 Å². The first-order chi connectivity index (χ1) is 11.7. The second-order valence-corrected chi connectivity index (χ2v) is 6.62. The molecule has 1 aromatic carbocycles. The maximum Gasteiger partial charge on any atom is 0.137 e. The van der Waals surface area contributed by atoms with Crippen molar-refractivity contribution in [3.63, 3.8) is 0 Å². The molecule has 130 valence electrons. The summed E-state index contributed by atoms with van der Waals surface area (Å²) in [6.45, 7) is 3.15. The number of likely N-dealkylation sites (tertiary alicyclic amines) is 1. The lowest BCUT2D eigenvalue weighted by molar-refractivity contribution is 0.0514. The van der Waals surface area contributed by atoms with Crippen molar-refractivity contribution in [1.29, 1.82) is 0 Å². The van der Waals surface area contributed by atoms with Gasteiger partial charge >= 0.3 is 0 Å². The Bertz CT molecular complexity index is 630. The topological polar surface area (TPSA) is 50.5 Å². The molecule has 0 radical (unpaired) electrons. The molecular weight excluding hydrogens is 302 g/mol. The van der Waals surface area contributed by atoms with Crippen molar-refractivity contribution >= 4 is 0 Å². The third kappa shape index (κ3) is 3.97. The van der Waals surface area contributed by atoms with Gasteiger partial charge < -0.3 is 19.3 Å². The van der Waals surface area contributed by atoms with Crippen LogP contribution in [0, 0.1) is 5.92 Å². The summed E-state index contributed by atoms with van der Waals surface area (Å²) in [5, 5.41) is 10.5. The standard InChI is InChI=1S/C19H27N3O2/c1-21-14-10-20-19(21)18(23)16-8-12-22(13-9-16)11-7-15-3-5-17(24-2)6-4-15/h3-6,10,14,16,18,23H,7-9,11-13H2,1-2H3. The first-order valence-corrected chi connectivity index (χ1v) is 8.68. The van der Waals surface area contributed by atoms with Gasteiger partial charge in [0.05, 0.1) is 7.11 Å². The van der Waals surface area contributed by atoms with E-state index in [0.717, 1.165) is 50.5 Å². The van der Waals surface area contributed by atoms with Crippen LogP contribution in [0.2, 0.25) is 0 Å². The molecule has 3 rings (SSSR count). The zero-order valence-corrected chi connectivity index (χ0v) is 14.6. The lowest BCUT2D eigenvalue weighted by Gasteiger charge is -2.34. The van der Waals surface area contributed by atoms with Crippen LogP contribution in [0.4, 0.5) is 0 Å². The molecule has 24 heavy (non-hydrogen) atoms. The molecule has 1 fully saturated rings. The number of aryl methyl sites for hydroxylation is 1. The molecule has 0 bridgehead atoms. The van der Waals surface area contributed by atoms with Crippen LogP contribution >= 0.6 is 0 Å². The maximum atomic E-state index is 10.5. The molecule has 1 aliphatic rings. The Morgan fingerprint density at radius 3 is 2.54 bits per heavy atom. The Kier molecular flexibility index (Phi) is 5.53. The average molecular weight is 329 g/mol. The molecule has 1 saturated heterocycles. The van der Waals surface area contributed by atoms with Crippen LogP contribution in [0.3, 0.4) is 0 Å². The molecule has 1 aromatic heterocycles. The lowest BCUT2D eigenvalue weighted by Crippen LogP contribution is -2.37. The number of piperidine rings is 1. The average Bonchev–Trinajstić information content (AvgIpc) is 3.06. The van der Waals surface area contributed by atoms with E-state index in [1.54, 1.807) is 13.3 Å². The molecule has 2 heterocycles. The first kappa shape index (κ1) is 17.0. The van der Waals surface area contributed by atoms with Crippen LogP contribution in [-0.2, 0) is 13.5 Å². The van der Waals surface area contributed by atoms with E-state index in [-0.39, 0.29) is 0 Å². The fourth-order valence-corrected chi connectivity index (χ4v) is 3.44. The van der Waals surface area contributed by atoms with E-state index in [9.17, 15) is 5.11 Å². The Labute approximate surface area is 143 Å². The van der Waals surface area contributed by atoms with Crippen LogP contribution in [0.1, 0.15) is 30.3 Å². The summed E-state index contributed by atoms with van der Waals surface area (Å²) >= 11 is 0. The number of nitrogens with zero attached hydrogens (tertiary/aromatic N) is 3. The molecule has 0 aliphatic carbocycles. The SMILES string of the molecule is COc1ccc(CCN2CCC(C(O)c3nccn3C)CC2)cc1. The van der Waals surface area contributed by atoms with Gasteiger partial charge in [0.25, 0.3) is 0 Å². The van der Waals surface area contributed by atoms with E-state index in [1.165, 1.54) is 5.56 Å². The molecule has 1 aliphatic heterocycles. The van der Waals surface area contributed by atoms with Gasteiger partial charge in [-0.2, -0.15) is 0 Å². The van der Waals surface area contributed by atoms with Gasteiger partial charge in [0.2, 0.25) is 0 Å². The molecule has 5 heteroatoms. The number of aliphatic hydroxyl groups is 1. The highest BCUT2D eigenvalue weighted by Crippen LogP contribution is 2.29. The Morgan fingerprint density at radius 2 is 1.96 bits per heavy atom. The van der Waals surface area contributed by atoms with Crippen molar-refractivity contribution in [3.05, 3.63) is 48.0 Å². The number of methoxy groups -OCH3 is 1. The maximum absolute atomic E-state index is 10.5. The van der Waals surface area contributed by atoms with Crippen LogP contribution in [0.15, 0.2) is 36.7 Å². The minimum Gasteiger partial charge on any atom is -0.497 e. The minimum atomic E-state index is -0.450. The van der Waals surface area contributed by atoms with Crippen LogP contribution < -0.4 is 4.74 Å². The largest absolute Gasteiger partial charge is 0.497 e. The number of aliphatic hydroxyl groups excluding tert-OH is 1. The quantitative estimate of drug-likeness (QED) is 0.884. The van der Waals surface area contributed by atoms with E-state index in [1.807, 2.05) is 29.9 Å². The first-order valence-electron chi connectivity index (χ1n) is 8.68. The van der Waals surface area contributed by atoms with E-state index in [4.69, 9.17) is 4.74 Å². The Balaban J connectivity index is 1.45. The molecule has 0 saturated carbocycles. The molecule has 1 atom stereocenters. The number of hydrogen-bond acceptors (Lipinski definition) is 4. The van der Waals surface area contributed by atoms with Crippen LogP contribution in [-0.4, -0.2) is 46.3 Å². The molecule has 1 unspecified atom stereocenters. The fourth-order valence-electron chi connectivity index (χ4n) is 3.44. The highest BCUT2D eigenvalue weighted by Gasteiger charge is 2.28. The number of benzene rings is 1. The van der Waals surface area contributed by atoms with Crippen molar-refractivity contribution in [2.45, 2.75) is 25.4 Å². The number of ether oxygens (including phenoxy) is 1. The summed E-state index contributed by atoms with van der Waals surface area (Å²) < 4.78 is 7.11. The number of hydrogen-bond donors (Lipinski definition) is 1. The van der Waals surface area contributed by atoms with Gasteiger partial charge in [0.15, 0.2) is 0 Å². The zero-order valence-electron chi connectivity index (χ0n) is 14.6. The summed E-state index contributed by atoms with van der Waals surface area (Å²) in [6.07, 6.45) is 6.29. The highest BCUT2D eigenvalue weighted by atomic mass is 16.5. The Morgan fingerprint density at radius 1 is 1.25 bits per heavy atom.